The van der Waals surface area contributed by atoms with Gasteiger partial charge in [-0.3, -0.25) is 4.79 Å². The van der Waals surface area contributed by atoms with Crippen LogP contribution < -0.4 is 0 Å². The summed E-state index contributed by atoms with van der Waals surface area (Å²) in [6.07, 6.45) is 3.43. The van der Waals surface area contributed by atoms with Gasteiger partial charge < -0.3 is 10.1 Å². The molecule has 6 nitrogen and oxygen atoms in total. The number of H-pyrrole nitrogens is 1. The van der Waals surface area contributed by atoms with Crippen molar-refractivity contribution in [3.63, 3.8) is 0 Å². The first-order valence-corrected chi connectivity index (χ1v) is 6.76. The van der Waals surface area contributed by atoms with E-state index in [9.17, 15) is 13.2 Å². The Morgan fingerprint density at radius 3 is 2.82 bits per heavy atom. The van der Waals surface area contributed by atoms with Gasteiger partial charge in [-0.1, -0.05) is 6.92 Å². The van der Waals surface area contributed by atoms with Crippen LogP contribution in [0.3, 0.4) is 0 Å². The Morgan fingerprint density at radius 1 is 1.59 bits per heavy atom. The molecule has 2 heterocycles. The average Bonchev–Trinajstić information content (AvgIpc) is 2.84. The minimum atomic E-state index is -3.70. The van der Waals surface area contributed by atoms with Crippen LogP contribution in [0, 0.1) is 5.92 Å². The molecule has 1 aliphatic heterocycles. The van der Waals surface area contributed by atoms with Crippen LogP contribution in [-0.4, -0.2) is 41.4 Å². The van der Waals surface area contributed by atoms with Gasteiger partial charge in [0.15, 0.2) is 0 Å². The Kier molecular flexibility index (Phi) is 2.96. The van der Waals surface area contributed by atoms with E-state index in [1.165, 1.54) is 18.5 Å². The Balaban J connectivity index is 2.38. The maximum absolute atomic E-state index is 12.2. The monoisotopic (exact) mass is 258 g/mol. The fraction of sp³-hybridized carbons (Fsp3) is 0.500. The number of aromatic nitrogens is 1. The molecule has 0 saturated carbocycles. The van der Waals surface area contributed by atoms with Gasteiger partial charge in [0, 0.05) is 18.9 Å². The van der Waals surface area contributed by atoms with Crippen LogP contribution in [0.4, 0.5) is 0 Å². The van der Waals surface area contributed by atoms with Gasteiger partial charge in [-0.25, -0.2) is 8.42 Å². The summed E-state index contributed by atoms with van der Waals surface area (Å²) in [5.74, 6) is -1.25. The lowest BCUT2D eigenvalue weighted by Crippen LogP contribution is -2.42. The normalized spacial score (nSPS) is 26.2. The first-order valence-electron chi connectivity index (χ1n) is 5.32. The number of carboxylic acid groups (broad SMARTS) is 1. The van der Waals surface area contributed by atoms with E-state index in [0.717, 1.165) is 4.31 Å². The average molecular weight is 258 g/mol. The van der Waals surface area contributed by atoms with Crippen molar-refractivity contribution in [3.05, 3.63) is 18.5 Å². The molecule has 0 spiro atoms. The molecule has 2 unspecified atom stereocenters. The van der Waals surface area contributed by atoms with E-state index in [1.54, 1.807) is 6.92 Å². The highest BCUT2D eigenvalue weighted by molar-refractivity contribution is 7.89. The molecule has 17 heavy (non-hydrogen) atoms. The molecule has 0 amide bonds. The lowest BCUT2D eigenvalue weighted by atomic mass is 10.0. The second-order valence-corrected chi connectivity index (χ2v) is 6.10. The quantitative estimate of drug-likeness (QED) is 0.826. The molecular weight excluding hydrogens is 244 g/mol. The minimum Gasteiger partial charge on any atom is -0.480 e. The van der Waals surface area contributed by atoms with Crippen LogP contribution in [0.15, 0.2) is 23.4 Å². The van der Waals surface area contributed by atoms with Crippen LogP contribution in [0.25, 0.3) is 0 Å². The predicted octanol–water partition coefficient (Wildman–Crippen LogP) is 0.498. The number of aliphatic carboxylic acids is 1. The van der Waals surface area contributed by atoms with E-state index in [-0.39, 0.29) is 17.4 Å². The van der Waals surface area contributed by atoms with Gasteiger partial charge in [0.1, 0.15) is 6.04 Å². The van der Waals surface area contributed by atoms with E-state index in [4.69, 9.17) is 5.11 Å². The molecule has 94 valence electrons. The third-order valence-electron chi connectivity index (χ3n) is 3.08. The maximum Gasteiger partial charge on any atom is 0.322 e. The van der Waals surface area contributed by atoms with Gasteiger partial charge in [-0.2, -0.15) is 4.31 Å². The van der Waals surface area contributed by atoms with Crippen LogP contribution in [0.2, 0.25) is 0 Å². The van der Waals surface area contributed by atoms with Crippen LogP contribution >= 0.6 is 0 Å². The molecule has 7 heteroatoms. The molecular formula is C10H14N2O4S. The fourth-order valence-corrected chi connectivity index (χ4v) is 3.82. The van der Waals surface area contributed by atoms with Crippen molar-refractivity contribution in [3.8, 4) is 0 Å². The van der Waals surface area contributed by atoms with Gasteiger partial charge in [-0.15, -0.1) is 0 Å². The maximum atomic E-state index is 12.2. The SMILES string of the molecule is CC1CCN(S(=O)(=O)c2cc[nH]c2)C1C(=O)O. The summed E-state index contributed by atoms with van der Waals surface area (Å²) < 4.78 is 25.5. The van der Waals surface area contributed by atoms with E-state index in [2.05, 4.69) is 4.98 Å². The van der Waals surface area contributed by atoms with Gasteiger partial charge in [0.05, 0.1) is 4.90 Å². The van der Waals surface area contributed by atoms with Gasteiger partial charge in [0.2, 0.25) is 10.0 Å². The molecule has 2 atom stereocenters. The molecule has 2 N–H and O–H groups in total. The van der Waals surface area contributed by atoms with Crippen molar-refractivity contribution in [1.29, 1.82) is 0 Å². The summed E-state index contributed by atoms with van der Waals surface area (Å²) in [6.45, 7) is 2.01. The highest BCUT2D eigenvalue weighted by Gasteiger charge is 2.43. The Morgan fingerprint density at radius 2 is 2.29 bits per heavy atom. The molecule has 1 aromatic rings. The molecule has 0 aromatic carbocycles. The Hall–Kier alpha value is -1.34. The molecule has 1 aromatic heterocycles. The molecule has 0 bridgehead atoms. The van der Waals surface area contributed by atoms with Gasteiger partial charge >= 0.3 is 5.97 Å². The van der Waals surface area contributed by atoms with Gasteiger partial charge in [0.25, 0.3) is 0 Å². The van der Waals surface area contributed by atoms with E-state index in [0.29, 0.717) is 6.42 Å². The number of rotatable bonds is 3. The minimum absolute atomic E-state index is 0.109. The Bertz CT molecular complexity index is 508. The van der Waals surface area contributed by atoms with E-state index < -0.39 is 22.0 Å². The number of carboxylic acids is 1. The third-order valence-corrected chi connectivity index (χ3v) is 4.96. The zero-order valence-electron chi connectivity index (χ0n) is 9.33. The summed E-state index contributed by atoms with van der Waals surface area (Å²) in [7, 11) is -3.70. The summed E-state index contributed by atoms with van der Waals surface area (Å²) in [4.78, 5) is 13.9. The fourth-order valence-electron chi connectivity index (χ4n) is 2.15. The lowest BCUT2D eigenvalue weighted by molar-refractivity contribution is -0.141. The van der Waals surface area contributed by atoms with Crippen molar-refractivity contribution >= 4 is 16.0 Å². The molecule has 1 fully saturated rings. The molecule has 1 aliphatic rings. The first-order chi connectivity index (χ1) is 7.94. The molecule has 1 saturated heterocycles. The molecule has 0 aliphatic carbocycles. The van der Waals surface area contributed by atoms with Gasteiger partial charge in [-0.05, 0) is 18.4 Å². The smallest absolute Gasteiger partial charge is 0.322 e. The number of hydrogen-bond acceptors (Lipinski definition) is 3. The number of aromatic amines is 1. The van der Waals surface area contributed by atoms with Crippen molar-refractivity contribution in [2.75, 3.05) is 6.54 Å². The Labute approximate surface area is 99.3 Å². The van der Waals surface area contributed by atoms with E-state index >= 15 is 0 Å². The number of carbonyl (C=O) groups is 1. The topological polar surface area (TPSA) is 90.5 Å². The second kappa shape index (κ2) is 4.15. The zero-order chi connectivity index (χ0) is 12.6. The molecule has 2 rings (SSSR count). The predicted molar refractivity (Wildman–Crippen MR) is 59.9 cm³/mol. The standard InChI is InChI=1S/C10H14N2O4S/c1-7-3-5-12(9(7)10(13)14)17(15,16)8-2-4-11-6-8/h2,4,6-7,9,11H,3,5H2,1H3,(H,13,14). The number of nitrogens with zero attached hydrogens (tertiary/aromatic N) is 1. The third kappa shape index (κ3) is 1.96. The summed E-state index contributed by atoms with van der Waals surface area (Å²) >= 11 is 0. The largest absolute Gasteiger partial charge is 0.480 e. The second-order valence-electron chi connectivity index (χ2n) is 4.21. The number of nitrogens with one attached hydrogen (secondary N) is 1. The summed E-state index contributed by atoms with van der Waals surface area (Å²) in [6, 6.07) is 0.465. The van der Waals surface area contributed by atoms with E-state index in [1.807, 2.05) is 0 Å². The zero-order valence-corrected chi connectivity index (χ0v) is 10.1. The van der Waals surface area contributed by atoms with Crippen LogP contribution in [0.1, 0.15) is 13.3 Å². The number of hydrogen-bond donors (Lipinski definition) is 2. The first kappa shape index (κ1) is 12.1. The van der Waals surface area contributed by atoms with Crippen molar-refractivity contribution in [2.45, 2.75) is 24.3 Å². The summed E-state index contributed by atoms with van der Waals surface area (Å²) in [5, 5.41) is 9.10. The lowest BCUT2D eigenvalue weighted by Gasteiger charge is -2.22. The van der Waals surface area contributed by atoms with Crippen molar-refractivity contribution in [1.82, 2.24) is 9.29 Å². The molecule has 0 radical (unpaired) electrons. The summed E-state index contributed by atoms with van der Waals surface area (Å²) in [5.41, 5.74) is 0. The highest BCUT2D eigenvalue weighted by atomic mass is 32.2. The van der Waals surface area contributed by atoms with Crippen molar-refractivity contribution < 1.29 is 18.3 Å². The van der Waals surface area contributed by atoms with Crippen molar-refractivity contribution in [2.24, 2.45) is 5.92 Å². The number of sulfonamides is 1. The highest BCUT2D eigenvalue weighted by Crippen LogP contribution is 2.29. The van der Waals surface area contributed by atoms with Crippen LogP contribution in [-0.2, 0) is 14.8 Å². The van der Waals surface area contributed by atoms with Crippen LogP contribution in [0.5, 0.6) is 0 Å².